The number of ether oxygens (including phenoxy) is 2. The Morgan fingerprint density at radius 3 is 2.68 bits per heavy atom. The highest BCUT2D eigenvalue weighted by Gasteiger charge is 2.49. The van der Waals surface area contributed by atoms with Crippen LogP contribution in [0.2, 0.25) is 0 Å². The number of carbonyl (C=O) groups excluding carboxylic acids is 2. The number of nitrogens with zero attached hydrogens (tertiary/aromatic N) is 6. The number of amides is 2. The molecular weight excluding hydrogens is 598 g/mol. The van der Waals surface area contributed by atoms with Crippen LogP contribution >= 0.6 is 0 Å². The van der Waals surface area contributed by atoms with Gasteiger partial charge in [-0.25, -0.2) is 4.79 Å². The minimum Gasteiger partial charge on any atom is -0.508 e. The maximum Gasteiger partial charge on any atom is 0.408 e. The quantitative estimate of drug-likeness (QED) is 0.339. The molecule has 1 saturated heterocycles. The smallest absolute Gasteiger partial charge is 0.408 e. The molecule has 2 N–H and O–H groups in total. The summed E-state index contributed by atoms with van der Waals surface area (Å²) >= 11 is 0. The third-order valence-electron chi connectivity index (χ3n) is 8.81. The SMILES string of the molecule is C=CC(=O)N1CCN(c2nc(OCC3(OC(=O)NC(C)(C)C)CC3)nc3c2CCN(c2cc(O)cc4ccccc24)C3)C[C@@H]1CC#N. The maximum absolute atomic E-state index is 12.6. The Bertz CT molecular complexity index is 1740. The maximum atomic E-state index is 12.6. The molecule has 3 heterocycles. The molecule has 2 fully saturated rings. The van der Waals surface area contributed by atoms with Crippen molar-refractivity contribution in [2.45, 2.75) is 70.2 Å². The van der Waals surface area contributed by atoms with Gasteiger partial charge in [-0.05, 0) is 57.6 Å². The minimum absolute atomic E-state index is 0.113. The molecule has 1 aliphatic carbocycles. The number of phenolic OH excluding ortho intramolecular Hbond substituents is 1. The molecule has 0 spiro atoms. The van der Waals surface area contributed by atoms with E-state index < -0.39 is 17.2 Å². The molecule has 1 atom stereocenters. The number of anilines is 2. The van der Waals surface area contributed by atoms with Gasteiger partial charge in [0, 0.05) is 54.4 Å². The highest BCUT2D eigenvalue weighted by Crippen LogP contribution is 2.41. The van der Waals surface area contributed by atoms with Crippen molar-refractivity contribution in [2.75, 3.05) is 42.6 Å². The van der Waals surface area contributed by atoms with E-state index in [-0.39, 0.29) is 36.7 Å². The van der Waals surface area contributed by atoms with Gasteiger partial charge in [0.2, 0.25) is 5.91 Å². The number of nitriles is 1. The zero-order valence-corrected chi connectivity index (χ0v) is 27.2. The molecule has 3 aromatic rings. The van der Waals surface area contributed by atoms with E-state index in [0.29, 0.717) is 52.0 Å². The lowest BCUT2D eigenvalue weighted by molar-refractivity contribution is -0.128. The van der Waals surface area contributed by atoms with Crippen LogP contribution < -0.4 is 19.9 Å². The number of hydrogen-bond donors (Lipinski definition) is 2. The van der Waals surface area contributed by atoms with Crippen LogP contribution in [0.1, 0.15) is 51.3 Å². The number of carbonyl (C=O) groups is 2. The van der Waals surface area contributed by atoms with Gasteiger partial charge in [-0.2, -0.15) is 15.2 Å². The van der Waals surface area contributed by atoms with Gasteiger partial charge in [-0.1, -0.05) is 30.8 Å². The lowest BCUT2D eigenvalue weighted by Crippen LogP contribution is -2.55. The Hall–Kier alpha value is -5.05. The summed E-state index contributed by atoms with van der Waals surface area (Å²) < 4.78 is 12.0. The predicted molar refractivity (Wildman–Crippen MR) is 177 cm³/mol. The van der Waals surface area contributed by atoms with Gasteiger partial charge in [0.1, 0.15) is 23.8 Å². The number of benzene rings is 2. The number of aromatic nitrogens is 2. The first kappa shape index (κ1) is 31.9. The molecular formula is C35H41N7O5. The molecule has 2 aromatic carbocycles. The van der Waals surface area contributed by atoms with E-state index in [1.54, 1.807) is 17.0 Å². The Balaban J connectivity index is 1.31. The van der Waals surface area contributed by atoms with Crippen LogP contribution in [0.3, 0.4) is 0 Å². The second kappa shape index (κ2) is 12.6. The predicted octanol–water partition coefficient (Wildman–Crippen LogP) is 4.45. The average Bonchev–Trinajstić information content (AvgIpc) is 3.80. The van der Waals surface area contributed by atoms with Gasteiger partial charge in [0.25, 0.3) is 0 Å². The Kier molecular flexibility index (Phi) is 8.57. The lowest BCUT2D eigenvalue weighted by Gasteiger charge is -2.42. The number of hydrogen-bond acceptors (Lipinski definition) is 10. The summed E-state index contributed by atoms with van der Waals surface area (Å²) in [6, 6.07) is 13.6. The first-order chi connectivity index (χ1) is 22.5. The Morgan fingerprint density at radius 1 is 1.17 bits per heavy atom. The molecule has 1 saturated carbocycles. The van der Waals surface area contributed by atoms with Gasteiger partial charge in [0.15, 0.2) is 0 Å². The fourth-order valence-electron chi connectivity index (χ4n) is 6.33. The second-order valence-electron chi connectivity index (χ2n) is 13.5. The minimum atomic E-state index is -0.740. The summed E-state index contributed by atoms with van der Waals surface area (Å²) in [6.45, 7) is 11.9. The van der Waals surface area contributed by atoms with Gasteiger partial charge >= 0.3 is 12.1 Å². The first-order valence-corrected chi connectivity index (χ1v) is 16.0. The van der Waals surface area contributed by atoms with Crippen LogP contribution in [0, 0.1) is 11.3 Å². The molecule has 0 unspecified atom stereocenters. The third kappa shape index (κ3) is 7.04. The number of fused-ring (bicyclic) bond motifs is 2. The average molecular weight is 640 g/mol. The third-order valence-corrected chi connectivity index (χ3v) is 8.81. The Labute approximate surface area is 274 Å². The van der Waals surface area contributed by atoms with Crippen molar-refractivity contribution in [3.8, 4) is 17.8 Å². The summed E-state index contributed by atoms with van der Waals surface area (Å²) in [4.78, 5) is 40.9. The summed E-state index contributed by atoms with van der Waals surface area (Å²) in [5.41, 5.74) is 1.52. The van der Waals surface area contributed by atoms with Crippen molar-refractivity contribution in [2.24, 2.45) is 0 Å². The number of rotatable bonds is 8. The van der Waals surface area contributed by atoms with E-state index in [9.17, 15) is 20.0 Å². The summed E-state index contributed by atoms with van der Waals surface area (Å²) in [5, 5.41) is 24.9. The van der Waals surface area contributed by atoms with E-state index in [1.807, 2.05) is 45.0 Å². The van der Waals surface area contributed by atoms with E-state index >= 15 is 0 Å². The lowest BCUT2D eigenvalue weighted by atomic mass is 10.0. The first-order valence-electron chi connectivity index (χ1n) is 16.0. The molecule has 2 aliphatic heterocycles. The summed E-state index contributed by atoms with van der Waals surface area (Å²) in [6.07, 6.45) is 2.97. The summed E-state index contributed by atoms with van der Waals surface area (Å²) in [5.74, 6) is 0.714. The van der Waals surface area contributed by atoms with Crippen molar-refractivity contribution in [1.82, 2.24) is 20.2 Å². The number of aromatic hydroxyl groups is 1. The van der Waals surface area contributed by atoms with Crippen molar-refractivity contribution < 1.29 is 24.2 Å². The molecule has 12 nitrogen and oxygen atoms in total. The highest BCUT2D eigenvalue weighted by atomic mass is 16.6. The van der Waals surface area contributed by atoms with E-state index in [0.717, 1.165) is 33.5 Å². The fraction of sp³-hybridized carbons (Fsp3) is 0.457. The van der Waals surface area contributed by atoms with E-state index in [4.69, 9.17) is 19.4 Å². The topological polar surface area (TPSA) is 144 Å². The molecule has 47 heavy (non-hydrogen) atoms. The van der Waals surface area contributed by atoms with Crippen LogP contribution in [-0.2, 0) is 22.5 Å². The second-order valence-corrected chi connectivity index (χ2v) is 13.5. The fourth-order valence-corrected chi connectivity index (χ4v) is 6.33. The van der Waals surface area contributed by atoms with Gasteiger partial charge in [0.05, 0.1) is 30.8 Å². The molecule has 0 bridgehead atoms. The molecule has 6 rings (SSSR count). The monoisotopic (exact) mass is 639 g/mol. The van der Waals surface area contributed by atoms with Gasteiger partial charge in [-0.15, -0.1) is 0 Å². The van der Waals surface area contributed by atoms with Crippen molar-refractivity contribution in [3.63, 3.8) is 0 Å². The molecule has 246 valence electrons. The van der Waals surface area contributed by atoms with Gasteiger partial charge < -0.3 is 34.6 Å². The van der Waals surface area contributed by atoms with Crippen LogP contribution in [0.25, 0.3) is 10.8 Å². The highest BCUT2D eigenvalue weighted by molar-refractivity contribution is 5.95. The number of alkyl carbamates (subject to hydrolysis) is 1. The van der Waals surface area contributed by atoms with Crippen LogP contribution in [0.4, 0.5) is 16.3 Å². The summed E-state index contributed by atoms with van der Waals surface area (Å²) in [7, 11) is 0. The molecule has 0 radical (unpaired) electrons. The van der Waals surface area contributed by atoms with Crippen LogP contribution in [0.5, 0.6) is 11.8 Å². The van der Waals surface area contributed by atoms with Gasteiger partial charge in [-0.3, -0.25) is 4.79 Å². The van der Waals surface area contributed by atoms with Crippen LogP contribution in [0.15, 0.2) is 49.1 Å². The molecule has 2 amide bonds. The number of piperazine rings is 1. The number of nitrogens with one attached hydrogen (secondary N) is 1. The standard InChI is InChI=1S/C35H41N7O5/c1-5-30(44)42-17-16-41(20-24(42)10-14-36)31-27-11-15-40(29-19-25(43)18-23-8-6-7-9-26(23)29)21-28(27)37-32(38-31)46-22-35(12-13-35)47-33(45)39-34(2,3)4/h5-9,18-19,24,43H,1,10-13,15-17,20-22H2,2-4H3,(H,39,45)/t24-/m0/s1. The zero-order chi connectivity index (χ0) is 33.3. The van der Waals surface area contributed by atoms with Crippen molar-refractivity contribution in [1.29, 1.82) is 5.26 Å². The van der Waals surface area contributed by atoms with Crippen molar-refractivity contribution >= 4 is 34.3 Å². The zero-order valence-electron chi connectivity index (χ0n) is 27.2. The largest absolute Gasteiger partial charge is 0.508 e. The molecule has 3 aliphatic rings. The van der Waals surface area contributed by atoms with Crippen LogP contribution in [-0.4, -0.2) is 81.9 Å². The van der Waals surface area contributed by atoms with E-state index in [1.165, 1.54) is 6.08 Å². The normalized spacial score (nSPS) is 18.6. The molecule has 1 aromatic heterocycles. The van der Waals surface area contributed by atoms with E-state index in [2.05, 4.69) is 27.8 Å². The van der Waals surface area contributed by atoms with Crippen molar-refractivity contribution in [3.05, 3.63) is 60.3 Å². The number of phenols is 1. The Morgan fingerprint density at radius 2 is 1.96 bits per heavy atom. The molecule has 12 heteroatoms.